The number of rotatable bonds is 12. The van der Waals surface area contributed by atoms with Crippen molar-refractivity contribution in [3.63, 3.8) is 0 Å². The lowest BCUT2D eigenvalue weighted by Crippen LogP contribution is -2.41. The zero-order chi connectivity index (χ0) is 36.6. The molecule has 52 heavy (non-hydrogen) atoms. The van der Waals surface area contributed by atoms with Crippen molar-refractivity contribution in [3.05, 3.63) is 131 Å². The fraction of sp³-hybridized carbons (Fsp3) is 0.300. The molecule has 4 aromatic carbocycles. The molecule has 5 atom stereocenters. The molecule has 0 aliphatic carbocycles. The maximum absolute atomic E-state index is 13.1. The summed E-state index contributed by atoms with van der Waals surface area (Å²) in [7, 11) is 0. The zero-order valence-electron chi connectivity index (χ0n) is 28.9. The van der Waals surface area contributed by atoms with Crippen LogP contribution in [0.4, 0.5) is 10.5 Å². The molecule has 6 rings (SSSR count). The fourth-order valence-electron chi connectivity index (χ4n) is 6.16. The summed E-state index contributed by atoms with van der Waals surface area (Å²) < 4.78 is 18.4. The van der Waals surface area contributed by atoms with Gasteiger partial charge in [-0.1, -0.05) is 85.8 Å². The Morgan fingerprint density at radius 1 is 0.865 bits per heavy atom. The first-order valence-electron chi connectivity index (χ1n) is 17.1. The van der Waals surface area contributed by atoms with Crippen molar-refractivity contribution in [2.75, 3.05) is 11.1 Å². The predicted molar refractivity (Wildman–Crippen MR) is 195 cm³/mol. The maximum atomic E-state index is 13.1. The lowest BCUT2D eigenvalue weighted by atomic mass is 9.91. The van der Waals surface area contributed by atoms with Gasteiger partial charge >= 0.3 is 6.09 Å². The number of aliphatic hydroxyl groups excluding tert-OH is 1. The first-order chi connectivity index (χ1) is 25.2. The quantitative estimate of drug-likeness (QED) is 0.114. The van der Waals surface area contributed by atoms with Crippen LogP contribution in [0.1, 0.15) is 60.5 Å². The molecule has 0 saturated carbocycles. The van der Waals surface area contributed by atoms with Crippen LogP contribution in [0.5, 0.6) is 0 Å². The van der Waals surface area contributed by atoms with Gasteiger partial charge in [0.15, 0.2) is 6.29 Å². The van der Waals surface area contributed by atoms with Crippen molar-refractivity contribution in [1.82, 2.24) is 10.2 Å². The van der Waals surface area contributed by atoms with Gasteiger partial charge in [-0.3, -0.25) is 19.3 Å². The molecule has 2 fully saturated rings. The van der Waals surface area contributed by atoms with E-state index in [-0.39, 0.29) is 56.1 Å². The minimum absolute atomic E-state index is 0.00832. The molecule has 11 nitrogen and oxygen atoms in total. The van der Waals surface area contributed by atoms with Crippen LogP contribution in [-0.4, -0.2) is 51.7 Å². The molecular weight excluding hydrogens is 683 g/mol. The Hall–Kier alpha value is -5.01. The normalized spacial score (nSPS) is 21.5. The number of thioether (sulfide) groups is 1. The van der Waals surface area contributed by atoms with E-state index < -0.39 is 24.3 Å². The van der Waals surface area contributed by atoms with Crippen LogP contribution in [0.2, 0.25) is 0 Å². The molecule has 0 bridgehead atoms. The van der Waals surface area contributed by atoms with E-state index in [1.54, 1.807) is 11.8 Å². The van der Waals surface area contributed by atoms with Crippen LogP contribution in [0, 0.1) is 5.92 Å². The number of nitrogens with zero attached hydrogens (tertiary/aromatic N) is 1. The lowest BCUT2D eigenvalue weighted by molar-refractivity contribution is -0.268. The highest BCUT2D eigenvalue weighted by atomic mass is 32.2. The SMILES string of the molecule is CC(=O)Nc1ccc(SCC2OC(c3ccc(CN4C(=O)CC(NC(=O)OCc5ccccc5)C4=O)cc3)OC(c3ccc(CO)cc3)C2C)cc1. The van der Waals surface area contributed by atoms with Gasteiger partial charge in [0.25, 0.3) is 5.91 Å². The number of carbonyl (C=O) groups excluding carboxylic acids is 4. The van der Waals surface area contributed by atoms with E-state index in [2.05, 4.69) is 17.6 Å². The standard InChI is InChI=1S/C40H41N3O8S/c1-25-35(24-52-33-18-16-32(17-19-33)41-26(2)45)50-39(51-37(25)30-12-10-28(22-44)11-13-30)31-14-8-27(9-15-31)21-43-36(46)20-34(38(43)47)42-40(48)49-23-29-6-4-3-5-7-29/h3-19,25,34-35,37,39,44H,20-24H2,1-2H3,(H,41,45)(H,42,48). The van der Waals surface area contributed by atoms with Crippen molar-refractivity contribution in [3.8, 4) is 0 Å². The summed E-state index contributed by atoms with van der Waals surface area (Å²) in [6.07, 6.45) is -2.07. The van der Waals surface area contributed by atoms with Crippen LogP contribution in [0.15, 0.2) is 108 Å². The molecule has 2 aliphatic rings. The Kier molecular flexibility index (Phi) is 12.0. The number of ether oxygens (including phenoxy) is 3. The van der Waals surface area contributed by atoms with E-state index in [1.807, 2.05) is 103 Å². The van der Waals surface area contributed by atoms with Gasteiger partial charge in [-0.05, 0) is 46.5 Å². The third-order valence-electron chi connectivity index (χ3n) is 9.05. The molecule has 2 saturated heterocycles. The van der Waals surface area contributed by atoms with E-state index in [0.29, 0.717) is 5.75 Å². The predicted octanol–water partition coefficient (Wildman–Crippen LogP) is 6.27. The van der Waals surface area contributed by atoms with Gasteiger partial charge in [0.2, 0.25) is 11.8 Å². The van der Waals surface area contributed by atoms with Gasteiger partial charge in [0.1, 0.15) is 12.6 Å². The van der Waals surface area contributed by atoms with E-state index in [4.69, 9.17) is 14.2 Å². The van der Waals surface area contributed by atoms with Crippen molar-refractivity contribution in [1.29, 1.82) is 0 Å². The number of nitrogens with one attached hydrogen (secondary N) is 2. The van der Waals surface area contributed by atoms with Gasteiger partial charge < -0.3 is 30.0 Å². The van der Waals surface area contributed by atoms with Crippen molar-refractivity contribution in [2.24, 2.45) is 5.92 Å². The molecule has 12 heteroatoms. The van der Waals surface area contributed by atoms with E-state index in [9.17, 15) is 24.3 Å². The maximum Gasteiger partial charge on any atom is 0.408 e. The molecular formula is C40H41N3O8S. The number of benzene rings is 4. The summed E-state index contributed by atoms with van der Waals surface area (Å²) in [6.45, 7) is 3.63. The minimum Gasteiger partial charge on any atom is -0.445 e. The number of imide groups is 1. The summed E-state index contributed by atoms with van der Waals surface area (Å²) in [4.78, 5) is 51.9. The van der Waals surface area contributed by atoms with Crippen LogP contribution >= 0.6 is 11.8 Å². The molecule has 2 aliphatic heterocycles. The zero-order valence-corrected chi connectivity index (χ0v) is 29.7. The number of alkyl carbamates (subject to hydrolysis) is 1. The molecule has 0 spiro atoms. The minimum atomic E-state index is -0.991. The van der Waals surface area contributed by atoms with Crippen molar-refractivity contribution >= 4 is 41.3 Å². The summed E-state index contributed by atoms with van der Waals surface area (Å²) >= 11 is 1.65. The molecule has 4 aromatic rings. The molecule has 0 radical (unpaired) electrons. The summed E-state index contributed by atoms with van der Waals surface area (Å²) in [5.41, 5.74) is 4.84. The van der Waals surface area contributed by atoms with E-state index in [1.165, 1.54) is 6.92 Å². The van der Waals surface area contributed by atoms with E-state index in [0.717, 1.165) is 43.3 Å². The molecule has 2 heterocycles. The average molecular weight is 724 g/mol. The van der Waals surface area contributed by atoms with E-state index >= 15 is 0 Å². The molecule has 3 N–H and O–H groups in total. The number of carbonyl (C=O) groups is 4. The number of amides is 4. The van der Waals surface area contributed by atoms with Gasteiger partial charge in [-0.15, -0.1) is 11.8 Å². The second-order valence-corrected chi connectivity index (χ2v) is 14.0. The topological polar surface area (TPSA) is 144 Å². The van der Waals surface area contributed by atoms with Crippen LogP contribution in [0.3, 0.4) is 0 Å². The van der Waals surface area contributed by atoms with Gasteiger partial charge in [0.05, 0.1) is 31.8 Å². The third kappa shape index (κ3) is 9.25. The Labute approximate surface area is 306 Å². The van der Waals surface area contributed by atoms with Crippen LogP contribution < -0.4 is 10.6 Å². The van der Waals surface area contributed by atoms with Gasteiger partial charge in [0, 0.05) is 34.7 Å². The molecule has 4 amide bonds. The monoisotopic (exact) mass is 723 g/mol. The van der Waals surface area contributed by atoms with Gasteiger partial charge in [-0.2, -0.15) is 0 Å². The number of hydrogen-bond donors (Lipinski definition) is 3. The Balaban J connectivity index is 1.10. The molecule has 5 unspecified atom stereocenters. The fourth-order valence-corrected chi connectivity index (χ4v) is 7.23. The summed E-state index contributed by atoms with van der Waals surface area (Å²) in [6, 6.07) is 31.0. The Morgan fingerprint density at radius 2 is 1.54 bits per heavy atom. The second kappa shape index (κ2) is 17.0. The summed E-state index contributed by atoms with van der Waals surface area (Å²) in [5, 5.41) is 14.9. The number of likely N-dealkylation sites (tertiary alicyclic amines) is 1. The largest absolute Gasteiger partial charge is 0.445 e. The first-order valence-corrected chi connectivity index (χ1v) is 18.1. The van der Waals surface area contributed by atoms with Crippen molar-refractivity contribution in [2.45, 2.75) is 69.5 Å². The molecule has 0 aromatic heterocycles. The Bertz CT molecular complexity index is 1850. The highest BCUT2D eigenvalue weighted by Crippen LogP contribution is 2.43. The van der Waals surface area contributed by atoms with Crippen LogP contribution in [-0.2, 0) is 48.4 Å². The lowest BCUT2D eigenvalue weighted by Gasteiger charge is -2.41. The number of hydrogen-bond acceptors (Lipinski definition) is 9. The van der Waals surface area contributed by atoms with Crippen molar-refractivity contribution < 1.29 is 38.5 Å². The number of anilines is 1. The average Bonchev–Trinajstić information content (AvgIpc) is 3.41. The van der Waals surface area contributed by atoms with Gasteiger partial charge in [-0.25, -0.2) is 4.79 Å². The second-order valence-electron chi connectivity index (χ2n) is 12.9. The number of aliphatic hydroxyl groups is 1. The Morgan fingerprint density at radius 3 is 2.21 bits per heavy atom. The first kappa shape index (κ1) is 36.8. The summed E-state index contributed by atoms with van der Waals surface area (Å²) in [5.74, 6) is -0.349. The molecule has 270 valence electrons. The highest BCUT2D eigenvalue weighted by Gasteiger charge is 2.40. The highest BCUT2D eigenvalue weighted by molar-refractivity contribution is 7.99. The third-order valence-corrected chi connectivity index (χ3v) is 10.2. The van der Waals surface area contributed by atoms with Crippen LogP contribution in [0.25, 0.3) is 0 Å². The smallest absolute Gasteiger partial charge is 0.408 e.